The van der Waals surface area contributed by atoms with Crippen LogP contribution in [0, 0.1) is 11.8 Å². The Kier molecular flexibility index (Phi) is 14.8. The Hall–Kier alpha value is -7.61. The Morgan fingerprint density at radius 1 is 0.644 bits per heavy atom. The summed E-state index contributed by atoms with van der Waals surface area (Å²) in [5.41, 5.74) is 28.7. The van der Waals surface area contributed by atoms with Gasteiger partial charge in [0.15, 0.2) is 0 Å². The molecule has 4 saturated heterocycles. The zero-order chi connectivity index (χ0) is 52.5. The number of benzene rings is 3. The van der Waals surface area contributed by atoms with Crippen LogP contribution in [0.1, 0.15) is 101 Å². The quantitative estimate of drug-likeness (QED) is 0.0726. The lowest BCUT2D eigenvalue weighted by molar-refractivity contribution is -0.146. The monoisotopic (exact) mass is 1000 g/mol. The number of rotatable bonds is 15. The van der Waals surface area contributed by atoms with Crippen molar-refractivity contribution in [2.24, 2.45) is 23.3 Å². The number of morpholine rings is 1. The predicted octanol–water partition coefficient (Wildman–Crippen LogP) is 5.02. The number of hydrogen-bond acceptors (Lipinski definition) is 12. The van der Waals surface area contributed by atoms with Crippen molar-refractivity contribution in [3.8, 4) is 11.1 Å². The summed E-state index contributed by atoms with van der Waals surface area (Å²) in [5, 5.41) is 23.8. The smallest absolute Gasteiger partial charge is 0.405 e. The van der Waals surface area contributed by atoms with Crippen molar-refractivity contribution in [3.63, 3.8) is 0 Å². The summed E-state index contributed by atoms with van der Waals surface area (Å²) in [4.78, 5) is 91.2. The molecule has 20 nitrogen and oxygen atoms in total. The zero-order valence-electron chi connectivity index (χ0n) is 41.8. The van der Waals surface area contributed by atoms with Gasteiger partial charge in [-0.2, -0.15) is 0 Å². The standard InChI is InChI=1S/C53H67N11O9/c1-30(2)44(59-50(69)70)46(65)62-21-5-19-52(62,48(56)67)37-14-9-33(27-39(37)54)41-16-17-42(64(41)36-12-7-32(8-13-36)35-11-18-43(58-29-35)61-23-25-73-26-24-61)34-10-15-38(40(55)28-34)53(49(57)68)20-6-22-63(53)47(66)45(31(3)4)60-51(71)72/h7-15,18,27-31,41-42,44-45,59-60H,5-6,16-17,19-26,54-55H2,1-4H3,(H2,56,67)(H2,57,68)(H,69,70)(H,71,72)/t41-,42-,44+,45+,52+,53+/m1/s1. The lowest BCUT2D eigenvalue weighted by atomic mass is 9.83. The summed E-state index contributed by atoms with van der Waals surface area (Å²) in [5.74, 6) is -2.65. The minimum Gasteiger partial charge on any atom is -0.465 e. The van der Waals surface area contributed by atoms with E-state index in [0.717, 1.165) is 46.8 Å². The molecular formula is C53H67N11O9. The summed E-state index contributed by atoms with van der Waals surface area (Å²) in [7, 11) is 0. The van der Waals surface area contributed by atoms with E-state index in [0.29, 0.717) is 50.0 Å². The number of pyridine rings is 1. The van der Waals surface area contributed by atoms with E-state index in [1.165, 1.54) is 9.80 Å². The number of aromatic nitrogens is 1. The zero-order valence-corrected chi connectivity index (χ0v) is 41.8. The molecule has 0 radical (unpaired) electrons. The molecule has 6 amide bonds. The van der Waals surface area contributed by atoms with Crippen LogP contribution in [0.4, 0.5) is 32.5 Å². The van der Waals surface area contributed by atoms with Gasteiger partial charge >= 0.3 is 12.2 Å². The number of carbonyl (C=O) groups is 6. The normalized spacial score (nSPS) is 22.9. The van der Waals surface area contributed by atoms with Gasteiger partial charge in [-0.3, -0.25) is 19.2 Å². The van der Waals surface area contributed by atoms with Gasteiger partial charge in [0.05, 0.1) is 25.3 Å². The van der Waals surface area contributed by atoms with Crippen LogP contribution in [0.2, 0.25) is 0 Å². The molecular weight excluding hydrogens is 935 g/mol. The number of nitrogens with two attached hydrogens (primary N) is 4. The molecule has 3 aromatic carbocycles. The highest BCUT2D eigenvalue weighted by atomic mass is 16.5. The first-order valence-corrected chi connectivity index (χ1v) is 25.0. The number of anilines is 4. The van der Waals surface area contributed by atoms with E-state index in [2.05, 4.69) is 26.5 Å². The fourth-order valence-corrected chi connectivity index (χ4v) is 11.7. The van der Waals surface area contributed by atoms with Crippen LogP contribution in [0.25, 0.3) is 11.1 Å². The first kappa shape index (κ1) is 51.7. The number of hydrogen-bond donors (Lipinski definition) is 8. The lowest BCUT2D eigenvalue weighted by Gasteiger charge is -2.40. The summed E-state index contributed by atoms with van der Waals surface area (Å²) in [6.07, 6.45) is 1.69. The SMILES string of the molecule is CC(C)[C@H](NC(=O)O)C(=O)N1CCC[C@@]1(C(N)=O)c1ccc([C@H]2CC[C@H](c3ccc([C@]4(C(N)=O)CCCN4C(=O)[C@@H](NC(=O)O)C(C)C)c(N)c3)N2c2ccc(-c3ccc(N4CCOCC4)nc3)cc2)cc1N. The Morgan fingerprint density at radius 2 is 1.10 bits per heavy atom. The van der Waals surface area contributed by atoms with E-state index in [9.17, 15) is 39.0 Å². The third-order valence-electron chi connectivity index (χ3n) is 15.3. The van der Waals surface area contributed by atoms with Crippen molar-refractivity contribution in [2.45, 2.75) is 101 Å². The number of amides is 6. The first-order valence-electron chi connectivity index (χ1n) is 25.0. The summed E-state index contributed by atoms with van der Waals surface area (Å²) in [6.45, 7) is 10.1. The molecule has 0 spiro atoms. The Balaban J connectivity index is 1.17. The second kappa shape index (κ2) is 20.9. The molecule has 73 heavy (non-hydrogen) atoms. The molecule has 1 aromatic heterocycles. The molecule has 4 aliphatic rings. The fraction of sp³-hybridized carbons (Fsp3) is 0.453. The number of nitrogens with one attached hydrogen (secondary N) is 2. The summed E-state index contributed by atoms with van der Waals surface area (Å²) in [6, 6.07) is 20.3. The Morgan fingerprint density at radius 3 is 1.48 bits per heavy atom. The molecule has 0 unspecified atom stereocenters. The maximum absolute atomic E-state index is 14.1. The number of primary amides is 2. The molecule has 0 saturated carbocycles. The van der Waals surface area contributed by atoms with Gasteiger partial charge in [0, 0.05) is 66.1 Å². The number of carbonyl (C=O) groups excluding carboxylic acids is 4. The maximum Gasteiger partial charge on any atom is 0.405 e. The molecule has 388 valence electrons. The van der Waals surface area contributed by atoms with E-state index in [1.54, 1.807) is 39.8 Å². The highest BCUT2D eigenvalue weighted by Crippen LogP contribution is 2.51. The van der Waals surface area contributed by atoms with E-state index >= 15 is 0 Å². The highest BCUT2D eigenvalue weighted by molar-refractivity contribution is 5.97. The van der Waals surface area contributed by atoms with Gasteiger partial charge in [0.1, 0.15) is 29.0 Å². The molecule has 0 aliphatic carbocycles. The third-order valence-corrected chi connectivity index (χ3v) is 15.3. The molecule has 6 atom stereocenters. The average molecular weight is 1000 g/mol. The number of nitrogen functional groups attached to an aromatic ring is 2. The van der Waals surface area contributed by atoms with Crippen molar-refractivity contribution in [3.05, 3.63) is 101 Å². The number of ether oxygens (including phenoxy) is 1. The van der Waals surface area contributed by atoms with E-state index in [4.69, 9.17) is 32.7 Å². The molecule has 4 aromatic rings. The van der Waals surface area contributed by atoms with Gasteiger partial charge in [-0.15, -0.1) is 0 Å². The van der Waals surface area contributed by atoms with Crippen LogP contribution in [0.3, 0.4) is 0 Å². The summed E-state index contributed by atoms with van der Waals surface area (Å²) < 4.78 is 5.52. The number of carboxylic acid groups (broad SMARTS) is 2. The molecule has 4 aliphatic heterocycles. The molecule has 5 heterocycles. The molecule has 20 heteroatoms. The molecule has 8 rings (SSSR count). The fourth-order valence-electron chi connectivity index (χ4n) is 11.7. The van der Waals surface area contributed by atoms with Crippen LogP contribution in [0.15, 0.2) is 79.0 Å². The molecule has 0 bridgehead atoms. The first-order chi connectivity index (χ1) is 34.8. The van der Waals surface area contributed by atoms with Gasteiger partial charge in [-0.1, -0.05) is 64.1 Å². The molecule has 4 fully saturated rings. The lowest BCUT2D eigenvalue weighted by Crippen LogP contribution is -2.59. The van der Waals surface area contributed by atoms with Crippen molar-refractivity contribution in [2.75, 3.05) is 60.7 Å². The van der Waals surface area contributed by atoms with Gasteiger partial charge in [0.2, 0.25) is 23.6 Å². The van der Waals surface area contributed by atoms with Crippen molar-refractivity contribution >= 4 is 58.7 Å². The summed E-state index contributed by atoms with van der Waals surface area (Å²) >= 11 is 0. The van der Waals surface area contributed by atoms with Crippen LogP contribution in [0.5, 0.6) is 0 Å². The highest BCUT2D eigenvalue weighted by Gasteiger charge is 2.54. The van der Waals surface area contributed by atoms with Gasteiger partial charge in [-0.05, 0) is 103 Å². The number of likely N-dealkylation sites (tertiary alicyclic amines) is 2. The topological polar surface area (TPSA) is 306 Å². The van der Waals surface area contributed by atoms with Crippen LogP contribution in [-0.2, 0) is 35.0 Å². The maximum atomic E-state index is 14.1. The number of nitrogens with zero attached hydrogens (tertiary/aromatic N) is 5. The van der Waals surface area contributed by atoms with E-state index in [1.807, 2.05) is 60.8 Å². The van der Waals surface area contributed by atoms with Crippen molar-refractivity contribution in [1.29, 1.82) is 0 Å². The van der Waals surface area contributed by atoms with E-state index in [-0.39, 0.29) is 49.4 Å². The van der Waals surface area contributed by atoms with Crippen molar-refractivity contribution < 1.29 is 43.7 Å². The van der Waals surface area contributed by atoms with E-state index < -0.39 is 70.8 Å². The van der Waals surface area contributed by atoms with Gasteiger partial charge < -0.3 is 68.1 Å². The second-order valence-corrected chi connectivity index (χ2v) is 20.2. The minimum absolute atomic E-state index is 0.173. The van der Waals surface area contributed by atoms with Crippen LogP contribution < -0.4 is 43.4 Å². The van der Waals surface area contributed by atoms with Gasteiger partial charge in [0.25, 0.3) is 0 Å². The minimum atomic E-state index is -1.63. The van der Waals surface area contributed by atoms with Crippen LogP contribution >= 0.6 is 0 Å². The predicted molar refractivity (Wildman–Crippen MR) is 275 cm³/mol. The van der Waals surface area contributed by atoms with Crippen LogP contribution in [-0.4, -0.2) is 112 Å². The Labute approximate surface area is 424 Å². The second-order valence-electron chi connectivity index (χ2n) is 20.2. The average Bonchev–Trinajstić information content (AvgIpc) is 4.14. The molecule has 12 N–H and O–H groups in total. The Bertz CT molecular complexity index is 2620. The van der Waals surface area contributed by atoms with Gasteiger partial charge in [-0.25, -0.2) is 14.6 Å². The third kappa shape index (κ3) is 9.62. The largest absolute Gasteiger partial charge is 0.465 e. The van der Waals surface area contributed by atoms with Crippen molar-refractivity contribution in [1.82, 2.24) is 25.4 Å².